The topological polar surface area (TPSA) is 128 Å². The van der Waals surface area contributed by atoms with Gasteiger partial charge in [0.25, 0.3) is 0 Å². The van der Waals surface area contributed by atoms with E-state index in [1.807, 2.05) is 0 Å². The first-order valence-electron chi connectivity index (χ1n) is 4.99. The third-order valence-corrected chi connectivity index (χ3v) is 2.07. The number of aliphatic hydroxyl groups excluding tert-OH is 2. The predicted molar refractivity (Wildman–Crippen MR) is 60.9 cm³/mol. The van der Waals surface area contributed by atoms with Crippen LogP contribution in [0, 0.1) is 0 Å². The summed E-state index contributed by atoms with van der Waals surface area (Å²) >= 11 is 0. The van der Waals surface area contributed by atoms with Gasteiger partial charge in [0.05, 0.1) is 25.6 Å². The zero-order valence-electron chi connectivity index (χ0n) is 9.19. The lowest BCUT2D eigenvalue weighted by Gasteiger charge is -2.21. The molecule has 0 aliphatic heterocycles. The summed E-state index contributed by atoms with van der Waals surface area (Å²) in [4.78, 5) is 9.68. The highest BCUT2D eigenvalue weighted by atomic mass is 16.4. The van der Waals surface area contributed by atoms with Crippen molar-refractivity contribution in [3.63, 3.8) is 0 Å². The van der Waals surface area contributed by atoms with E-state index in [2.05, 4.69) is 15.1 Å². The third-order valence-electron chi connectivity index (χ3n) is 2.07. The predicted octanol–water partition coefficient (Wildman–Crippen LogP) is -1.64. The van der Waals surface area contributed by atoms with Crippen molar-refractivity contribution in [2.75, 3.05) is 31.2 Å². The third kappa shape index (κ3) is 3.54. The van der Waals surface area contributed by atoms with Crippen molar-refractivity contribution in [2.45, 2.75) is 0 Å². The van der Waals surface area contributed by atoms with Crippen molar-refractivity contribution < 1.29 is 15.4 Å². The fourth-order valence-electron chi connectivity index (χ4n) is 1.25. The number of oxime groups is 1. The van der Waals surface area contributed by atoms with E-state index in [0.717, 1.165) is 0 Å². The van der Waals surface area contributed by atoms with Crippen molar-refractivity contribution in [2.24, 2.45) is 10.9 Å². The lowest BCUT2D eigenvalue weighted by atomic mass is 10.4. The second-order valence-electron chi connectivity index (χ2n) is 3.18. The minimum absolute atomic E-state index is 0.0519. The largest absolute Gasteiger partial charge is 0.409 e. The monoisotopic (exact) mass is 241 g/mol. The van der Waals surface area contributed by atoms with E-state index in [9.17, 15) is 0 Å². The number of amidine groups is 1. The van der Waals surface area contributed by atoms with Gasteiger partial charge < -0.3 is 26.1 Å². The number of anilines is 1. The molecule has 0 fully saturated rings. The highest BCUT2D eigenvalue weighted by Crippen LogP contribution is 2.07. The summed E-state index contributed by atoms with van der Waals surface area (Å²) in [6.45, 7) is 0.587. The van der Waals surface area contributed by atoms with Crippen LogP contribution >= 0.6 is 0 Å². The molecule has 94 valence electrons. The molecule has 0 aliphatic carbocycles. The maximum atomic E-state index is 8.86. The van der Waals surface area contributed by atoms with E-state index < -0.39 is 0 Å². The van der Waals surface area contributed by atoms with Gasteiger partial charge in [-0.3, -0.25) is 0 Å². The zero-order valence-corrected chi connectivity index (χ0v) is 9.19. The quantitative estimate of drug-likeness (QED) is 0.203. The molecule has 0 amide bonds. The highest BCUT2D eigenvalue weighted by Gasteiger charge is 2.08. The van der Waals surface area contributed by atoms with E-state index in [1.165, 1.54) is 12.4 Å². The fraction of sp³-hybridized carbons (Fsp3) is 0.444. The molecular formula is C9H15N5O3. The van der Waals surface area contributed by atoms with E-state index in [1.54, 1.807) is 4.90 Å². The van der Waals surface area contributed by atoms with Crippen LogP contribution in [0.2, 0.25) is 0 Å². The van der Waals surface area contributed by atoms with Gasteiger partial charge in [0.2, 0.25) is 0 Å². The van der Waals surface area contributed by atoms with Crippen LogP contribution in [0.1, 0.15) is 5.69 Å². The Kier molecular flexibility index (Phi) is 5.11. The number of aliphatic hydroxyl groups is 2. The second-order valence-corrected chi connectivity index (χ2v) is 3.18. The summed E-state index contributed by atoms with van der Waals surface area (Å²) in [6.07, 6.45) is 2.78. The van der Waals surface area contributed by atoms with Crippen molar-refractivity contribution >= 4 is 11.7 Å². The maximum Gasteiger partial charge on any atom is 0.190 e. The molecule has 8 nitrogen and oxygen atoms in total. The fourth-order valence-corrected chi connectivity index (χ4v) is 1.25. The molecular weight excluding hydrogens is 226 g/mol. The average Bonchev–Trinajstić information content (AvgIpc) is 2.38. The van der Waals surface area contributed by atoms with Crippen molar-refractivity contribution in [3.8, 4) is 0 Å². The van der Waals surface area contributed by atoms with E-state index in [0.29, 0.717) is 18.9 Å². The van der Waals surface area contributed by atoms with Gasteiger partial charge in [0.1, 0.15) is 11.5 Å². The van der Waals surface area contributed by atoms with Crippen LogP contribution in [0.15, 0.2) is 17.5 Å². The summed E-state index contributed by atoms with van der Waals surface area (Å²) in [6, 6.07) is 0. The first-order chi connectivity index (χ1) is 8.22. The molecule has 0 unspecified atom stereocenters. The minimum Gasteiger partial charge on any atom is -0.409 e. The van der Waals surface area contributed by atoms with Gasteiger partial charge in [-0.15, -0.1) is 0 Å². The number of hydrogen-bond donors (Lipinski definition) is 4. The van der Waals surface area contributed by atoms with E-state index in [-0.39, 0.29) is 24.7 Å². The molecule has 1 rings (SSSR count). The van der Waals surface area contributed by atoms with Crippen LogP contribution in [0.5, 0.6) is 0 Å². The smallest absolute Gasteiger partial charge is 0.190 e. The minimum atomic E-state index is -0.125. The lowest BCUT2D eigenvalue weighted by molar-refractivity contribution is 0.280. The van der Waals surface area contributed by atoms with E-state index in [4.69, 9.17) is 21.2 Å². The average molecular weight is 241 g/mol. The zero-order chi connectivity index (χ0) is 12.7. The molecule has 8 heteroatoms. The van der Waals surface area contributed by atoms with Gasteiger partial charge in [0.15, 0.2) is 5.84 Å². The molecule has 0 aliphatic rings. The molecule has 0 atom stereocenters. The van der Waals surface area contributed by atoms with Crippen molar-refractivity contribution in [1.82, 2.24) is 9.97 Å². The van der Waals surface area contributed by atoms with Crippen LogP contribution in [0.3, 0.4) is 0 Å². The molecule has 0 saturated carbocycles. The number of rotatable bonds is 6. The summed E-state index contributed by atoms with van der Waals surface area (Å²) < 4.78 is 0. The Morgan fingerprint density at radius 1 is 1.24 bits per heavy atom. The molecule has 1 heterocycles. The number of aromatic nitrogens is 2. The molecule has 1 aromatic heterocycles. The number of nitrogens with two attached hydrogens (primary N) is 1. The Balaban J connectivity index is 2.83. The van der Waals surface area contributed by atoms with Gasteiger partial charge in [-0.05, 0) is 0 Å². The van der Waals surface area contributed by atoms with Crippen LogP contribution in [-0.4, -0.2) is 57.5 Å². The molecule has 0 bridgehead atoms. The van der Waals surface area contributed by atoms with Gasteiger partial charge in [-0.25, -0.2) is 9.97 Å². The molecule has 0 radical (unpaired) electrons. The second kappa shape index (κ2) is 6.61. The van der Waals surface area contributed by atoms with Crippen molar-refractivity contribution in [1.29, 1.82) is 0 Å². The maximum absolute atomic E-state index is 8.86. The molecule has 0 spiro atoms. The van der Waals surface area contributed by atoms with Gasteiger partial charge in [-0.1, -0.05) is 5.16 Å². The number of nitrogens with zero attached hydrogens (tertiary/aromatic N) is 4. The standard InChI is InChI=1S/C9H15N5O3/c10-9(13-17)7-5-12-8(6-11-7)14(1-3-15)2-4-16/h5-6,15-17H,1-4H2,(H2,10,13). The summed E-state index contributed by atoms with van der Waals surface area (Å²) in [7, 11) is 0. The molecule has 0 aromatic carbocycles. The van der Waals surface area contributed by atoms with Gasteiger partial charge in [-0.2, -0.15) is 0 Å². The molecule has 5 N–H and O–H groups in total. The summed E-state index contributed by atoms with van der Waals surface area (Å²) in [5.41, 5.74) is 5.60. The summed E-state index contributed by atoms with van der Waals surface area (Å²) in [5.74, 6) is 0.377. The molecule has 0 saturated heterocycles. The van der Waals surface area contributed by atoms with E-state index >= 15 is 0 Å². The Morgan fingerprint density at radius 3 is 2.29 bits per heavy atom. The van der Waals surface area contributed by atoms with Crippen LogP contribution in [0.4, 0.5) is 5.82 Å². The Bertz CT molecular complexity index is 361. The molecule has 17 heavy (non-hydrogen) atoms. The normalized spacial score (nSPS) is 11.5. The Morgan fingerprint density at radius 2 is 1.88 bits per heavy atom. The van der Waals surface area contributed by atoms with Crippen LogP contribution in [0.25, 0.3) is 0 Å². The SMILES string of the molecule is NC(=NO)c1cnc(N(CCO)CCO)cn1. The lowest BCUT2D eigenvalue weighted by Crippen LogP contribution is -2.30. The molecule has 1 aromatic rings. The van der Waals surface area contributed by atoms with Gasteiger partial charge in [0, 0.05) is 13.1 Å². The van der Waals surface area contributed by atoms with Crippen LogP contribution < -0.4 is 10.6 Å². The highest BCUT2D eigenvalue weighted by molar-refractivity contribution is 5.94. The van der Waals surface area contributed by atoms with Gasteiger partial charge >= 0.3 is 0 Å². The first kappa shape index (κ1) is 13.1. The number of hydrogen-bond acceptors (Lipinski definition) is 7. The van der Waals surface area contributed by atoms with Crippen molar-refractivity contribution in [3.05, 3.63) is 18.1 Å². The summed E-state index contributed by atoms with van der Waals surface area (Å²) in [5, 5.41) is 29.0. The van der Waals surface area contributed by atoms with Crippen LogP contribution in [-0.2, 0) is 0 Å². The Hall–Kier alpha value is -1.93. The first-order valence-corrected chi connectivity index (χ1v) is 4.99. The Labute approximate surface area is 98.0 Å².